The van der Waals surface area contributed by atoms with Crippen molar-refractivity contribution in [2.24, 2.45) is 0 Å². The van der Waals surface area contributed by atoms with E-state index in [9.17, 15) is 0 Å². The Morgan fingerprint density at radius 2 is 1.88 bits per heavy atom. The lowest BCUT2D eigenvalue weighted by atomic mass is 9.88. The van der Waals surface area contributed by atoms with Crippen molar-refractivity contribution < 1.29 is 14.2 Å². The van der Waals surface area contributed by atoms with Gasteiger partial charge in [-0.2, -0.15) is 0 Å². The largest absolute Gasteiger partial charge is 0.496 e. The van der Waals surface area contributed by atoms with Crippen LogP contribution in [0.15, 0.2) is 30.3 Å². The maximum atomic E-state index is 5.79. The van der Waals surface area contributed by atoms with Gasteiger partial charge in [0.1, 0.15) is 19.0 Å². The van der Waals surface area contributed by atoms with E-state index in [4.69, 9.17) is 14.2 Å². The summed E-state index contributed by atoms with van der Waals surface area (Å²) in [6.45, 7) is 4.35. The van der Waals surface area contributed by atoms with Crippen molar-refractivity contribution >= 4 is 0 Å². The minimum atomic E-state index is 0.117. The summed E-state index contributed by atoms with van der Waals surface area (Å²) in [5.41, 5.74) is 5.09. The van der Waals surface area contributed by atoms with Crippen LogP contribution < -0.4 is 19.5 Å². The first kappa shape index (κ1) is 15.3. The fourth-order valence-corrected chi connectivity index (χ4v) is 3.60. The van der Waals surface area contributed by atoms with Crippen molar-refractivity contribution in [3.63, 3.8) is 0 Å². The van der Waals surface area contributed by atoms with Crippen LogP contribution in [0, 0.1) is 0 Å². The Morgan fingerprint density at radius 3 is 2.62 bits per heavy atom. The standard InChI is InChI=1S/C20H23NO3/c1-3-13-4-5-17(22-2)16(10-13)20-15-12-19-18(23-8-9-24-19)11-14(15)6-7-21-20/h4-5,10-12,20-21H,3,6-9H2,1-2H3. The van der Waals surface area contributed by atoms with Gasteiger partial charge >= 0.3 is 0 Å². The Balaban J connectivity index is 1.82. The maximum Gasteiger partial charge on any atom is 0.161 e. The molecule has 2 aliphatic rings. The number of benzene rings is 2. The number of hydrogen-bond acceptors (Lipinski definition) is 4. The maximum absolute atomic E-state index is 5.79. The van der Waals surface area contributed by atoms with Gasteiger partial charge in [0.15, 0.2) is 11.5 Å². The Kier molecular flexibility index (Phi) is 4.07. The van der Waals surface area contributed by atoms with Crippen LogP contribution in [0.25, 0.3) is 0 Å². The average Bonchev–Trinajstić information content (AvgIpc) is 2.65. The van der Waals surface area contributed by atoms with E-state index in [1.165, 1.54) is 22.3 Å². The van der Waals surface area contributed by atoms with Crippen LogP contribution >= 0.6 is 0 Å². The van der Waals surface area contributed by atoms with Crippen molar-refractivity contribution in [3.8, 4) is 17.2 Å². The highest BCUT2D eigenvalue weighted by atomic mass is 16.6. The summed E-state index contributed by atoms with van der Waals surface area (Å²) in [6, 6.07) is 10.9. The van der Waals surface area contributed by atoms with E-state index >= 15 is 0 Å². The van der Waals surface area contributed by atoms with Crippen molar-refractivity contribution in [2.75, 3.05) is 26.9 Å². The van der Waals surface area contributed by atoms with Gasteiger partial charge in [0, 0.05) is 12.1 Å². The van der Waals surface area contributed by atoms with Gasteiger partial charge in [-0.05, 0) is 47.7 Å². The molecule has 4 nitrogen and oxygen atoms in total. The molecule has 126 valence electrons. The van der Waals surface area contributed by atoms with Crippen molar-refractivity contribution in [3.05, 3.63) is 52.6 Å². The highest BCUT2D eigenvalue weighted by Gasteiger charge is 2.27. The monoisotopic (exact) mass is 325 g/mol. The molecule has 2 aromatic rings. The molecule has 0 saturated carbocycles. The Morgan fingerprint density at radius 1 is 1.08 bits per heavy atom. The predicted molar refractivity (Wildman–Crippen MR) is 93.4 cm³/mol. The van der Waals surface area contributed by atoms with Gasteiger partial charge in [0.25, 0.3) is 0 Å². The number of hydrogen-bond donors (Lipinski definition) is 1. The van der Waals surface area contributed by atoms with Crippen LogP contribution in [0.4, 0.5) is 0 Å². The van der Waals surface area contributed by atoms with Crippen LogP contribution in [-0.4, -0.2) is 26.9 Å². The van der Waals surface area contributed by atoms with Gasteiger partial charge in [0.2, 0.25) is 0 Å². The lowest BCUT2D eigenvalue weighted by Crippen LogP contribution is -2.31. The van der Waals surface area contributed by atoms with Crippen molar-refractivity contribution in [2.45, 2.75) is 25.8 Å². The molecular formula is C20H23NO3. The fraction of sp³-hybridized carbons (Fsp3) is 0.400. The molecule has 0 fully saturated rings. The first-order valence-electron chi connectivity index (χ1n) is 8.62. The Labute approximate surface area is 142 Å². The lowest BCUT2D eigenvalue weighted by molar-refractivity contribution is 0.171. The quantitative estimate of drug-likeness (QED) is 0.940. The molecule has 0 amide bonds. The normalized spacial score (nSPS) is 18.8. The number of aryl methyl sites for hydroxylation is 1. The van der Waals surface area contributed by atoms with Gasteiger partial charge in [-0.15, -0.1) is 0 Å². The topological polar surface area (TPSA) is 39.7 Å². The molecule has 0 spiro atoms. The fourth-order valence-electron chi connectivity index (χ4n) is 3.60. The van der Waals surface area contributed by atoms with E-state index in [1.807, 2.05) is 0 Å². The molecule has 4 heteroatoms. The Bertz CT molecular complexity index is 757. The second kappa shape index (κ2) is 6.36. The molecule has 24 heavy (non-hydrogen) atoms. The molecule has 0 aliphatic carbocycles. The zero-order chi connectivity index (χ0) is 16.5. The summed E-state index contributed by atoms with van der Waals surface area (Å²) < 4.78 is 17.2. The number of ether oxygens (including phenoxy) is 3. The third kappa shape index (κ3) is 2.61. The van der Waals surface area contributed by atoms with Crippen LogP contribution in [0.5, 0.6) is 17.2 Å². The van der Waals surface area contributed by atoms with Crippen LogP contribution in [0.2, 0.25) is 0 Å². The van der Waals surface area contributed by atoms with Crippen LogP contribution in [0.3, 0.4) is 0 Å². The lowest BCUT2D eigenvalue weighted by Gasteiger charge is -2.31. The molecule has 2 heterocycles. The summed E-state index contributed by atoms with van der Waals surface area (Å²) in [4.78, 5) is 0. The van der Waals surface area contributed by atoms with Gasteiger partial charge in [-0.3, -0.25) is 0 Å². The van der Waals surface area contributed by atoms with E-state index in [1.54, 1.807) is 7.11 Å². The van der Waals surface area contributed by atoms with E-state index in [0.29, 0.717) is 13.2 Å². The first-order chi connectivity index (χ1) is 11.8. The molecule has 1 atom stereocenters. The van der Waals surface area contributed by atoms with Crippen LogP contribution in [0.1, 0.15) is 35.2 Å². The average molecular weight is 325 g/mol. The third-order valence-electron chi connectivity index (χ3n) is 4.87. The molecule has 0 bridgehead atoms. The smallest absolute Gasteiger partial charge is 0.161 e. The molecule has 0 aromatic heterocycles. The summed E-state index contributed by atoms with van der Waals surface area (Å²) >= 11 is 0. The van der Waals surface area contributed by atoms with Crippen molar-refractivity contribution in [1.29, 1.82) is 0 Å². The molecule has 1 N–H and O–H groups in total. The molecule has 1 unspecified atom stereocenters. The first-order valence-corrected chi connectivity index (χ1v) is 8.62. The van der Waals surface area contributed by atoms with Gasteiger partial charge in [0.05, 0.1) is 13.2 Å². The molecule has 2 aromatic carbocycles. The molecule has 2 aliphatic heterocycles. The summed E-state index contributed by atoms with van der Waals surface area (Å²) in [5, 5.41) is 3.65. The van der Waals surface area contributed by atoms with Gasteiger partial charge in [-0.25, -0.2) is 0 Å². The number of fused-ring (bicyclic) bond motifs is 2. The summed E-state index contributed by atoms with van der Waals surface area (Å²) in [7, 11) is 1.73. The van der Waals surface area contributed by atoms with E-state index in [0.717, 1.165) is 36.6 Å². The van der Waals surface area contributed by atoms with Crippen molar-refractivity contribution in [1.82, 2.24) is 5.32 Å². The second-order valence-corrected chi connectivity index (χ2v) is 6.26. The summed E-state index contributed by atoms with van der Waals surface area (Å²) in [6.07, 6.45) is 2.01. The van der Waals surface area contributed by atoms with Crippen LogP contribution in [-0.2, 0) is 12.8 Å². The molecule has 4 rings (SSSR count). The summed E-state index contributed by atoms with van der Waals surface area (Å²) in [5.74, 6) is 2.64. The zero-order valence-electron chi connectivity index (χ0n) is 14.2. The molecule has 0 radical (unpaired) electrons. The van der Waals surface area contributed by atoms with E-state index < -0.39 is 0 Å². The number of nitrogens with one attached hydrogen (secondary N) is 1. The Hall–Kier alpha value is -2.20. The SMILES string of the molecule is CCc1ccc(OC)c(C2NCCc3cc4c(cc32)OCCO4)c1. The highest BCUT2D eigenvalue weighted by Crippen LogP contribution is 2.41. The minimum absolute atomic E-state index is 0.117. The highest BCUT2D eigenvalue weighted by molar-refractivity contribution is 5.54. The second-order valence-electron chi connectivity index (χ2n) is 6.26. The molecule has 0 saturated heterocycles. The molecular weight excluding hydrogens is 302 g/mol. The predicted octanol–water partition coefficient (Wildman–Crippen LogP) is 3.26. The van der Waals surface area contributed by atoms with Gasteiger partial charge < -0.3 is 19.5 Å². The number of rotatable bonds is 3. The number of methoxy groups -OCH3 is 1. The van der Waals surface area contributed by atoms with E-state index in [-0.39, 0.29) is 6.04 Å². The zero-order valence-corrected chi connectivity index (χ0v) is 14.2. The van der Waals surface area contributed by atoms with E-state index in [2.05, 4.69) is 42.6 Å². The van der Waals surface area contributed by atoms with Gasteiger partial charge in [-0.1, -0.05) is 19.1 Å². The third-order valence-corrected chi connectivity index (χ3v) is 4.87. The minimum Gasteiger partial charge on any atom is -0.496 e.